The first-order chi connectivity index (χ1) is 12.3. The fraction of sp³-hybridized carbons (Fsp3) is 0.0455. The molecule has 3 aromatic carbocycles. The average Bonchev–Trinajstić information content (AvgIpc) is 2.98. The zero-order valence-corrected chi connectivity index (χ0v) is 15.6. The van der Waals surface area contributed by atoms with Gasteiger partial charge in [0.05, 0.1) is 0 Å². The zero-order chi connectivity index (χ0) is 17.2. The first-order valence-corrected chi connectivity index (χ1v) is 9.89. The summed E-state index contributed by atoms with van der Waals surface area (Å²) >= 11 is 0.118. The number of fused-ring (bicyclic) bond motifs is 1. The second-order valence-corrected chi connectivity index (χ2v) is 8.10. The number of nitrogens with zero attached hydrogens (tertiary/aromatic N) is 1. The van der Waals surface area contributed by atoms with Gasteiger partial charge >= 0.3 is 153 Å². The molecule has 4 rings (SSSR count). The molecule has 0 radical (unpaired) electrons. The van der Waals surface area contributed by atoms with Crippen LogP contribution in [0.4, 0.5) is 0 Å². The summed E-state index contributed by atoms with van der Waals surface area (Å²) in [7, 11) is 0. The molecule has 0 spiro atoms. The number of aromatic nitrogens is 1. The standard InChI is InChI=1S/C22H17NOSe/c1-16(24)23-20-15-9-8-14-19(20)22(25-18-12-6-3-7-13-18)21(23)17-10-4-2-5-11-17/h2-15H,1H3. The molecule has 0 N–H and O–H groups in total. The Bertz CT molecular complexity index is 1040. The van der Waals surface area contributed by atoms with E-state index in [0.29, 0.717) is 0 Å². The van der Waals surface area contributed by atoms with Crippen molar-refractivity contribution in [2.45, 2.75) is 6.92 Å². The second kappa shape index (κ2) is 6.72. The van der Waals surface area contributed by atoms with Crippen molar-refractivity contribution in [2.24, 2.45) is 0 Å². The number of rotatable bonds is 3. The number of carbonyl (C=O) groups excluding carboxylic acids is 1. The Balaban J connectivity index is 2.04. The minimum absolute atomic E-state index is 0.0464. The van der Waals surface area contributed by atoms with Crippen molar-refractivity contribution >= 4 is 40.7 Å². The Morgan fingerprint density at radius 3 is 2.08 bits per heavy atom. The molecular weight excluding hydrogens is 373 g/mol. The molecule has 0 atom stereocenters. The molecule has 1 heterocycles. The summed E-state index contributed by atoms with van der Waals surface area (Å²) in [6.45, 7) is 1.64. The summed E-state index contributed by atoms with van der Waals surface area (Å²) < 4.78 is 4.43. The van der Waals surface area contributed by atoms with E-state index in [-0.39, 0.29) is 20.9 Å². The summed E-state index contributed by atoms with van der Waals surface area (Å²) in [4.78, 5) is 12.5. The number of hydrogen-bond acceptors (Lipinski definition) is 1. The van der Waals surface area contributed by atoms with Crippen molar-refractivity contribution in [3.8, 4) is 11.3 Å². The molecule has 3 heteroatoms. The van der Waals surface area contributed by atoms with E-state index in [1.54, 1.807) is 6.92 Å². The van der Waals surface area contributed by atoms with E-state index in [1.165, 1.54) is 14.3 Å². The Kier molecular flexibility index (Phi) is 4.27. The van der Waals surface area contributed by atoms with Crippen molar-refractivity contribution in [1.29, 1.82) is 0 Å². The fourth-order valence-corrected chi connectivity index (χ4v) is 5.45. The molecule has 0 bridgehead atoms. The van der Waals surface area contributed by atoms with Crippen LogP contribution in [0.1, 0.15) is 11.7 Å². The Hall–Kier alpha value is -2.61. The van der Waals surface area contributed by atoms with E-state index < -0.39 is 0 Å². The fourth-order valence-electron chi connectivity index (χ4n) is 3.10. The van der Waals surface area contributed by atoms with Crippen molar-refractivity contribution in [3.63, 3.8) is 0 Å². The van der Waals surface area contributed by atoms with Gasteiger partial charge in [-0.15, -0.1) is 0 Å². The maximum atomic E-state index is 12.5. The third-order valence-corrected chi connectivity index (χ3v) is 6.51. The predicted molar refractivity (Wildman–Crippen MR) is 105 cm³/mol. The SMILES string of the molecule is CC(=O)n1c(-c2ccccc2)c([Se]c2ccccc2)c2ccccc21. The van der Waals surface area contributed by atoms with Crippen LogP contribution >= 0.6 is 0 Å². The molecule has 0 aliphatic carbocycles. The first-order valence-electron chi connectivity index (χ1n) is 8.18. The van der Waals surface area contributed by atoms with Gasteiger partial charge in [0.2, 0.25) is 0 Å². The van der Waals surface area contributed by atoms with Crippen LogP contribution in [0.3, 0.4) is 0 Å². The van der Waals surface area contributed by atoms with Gasteiger partial charge in [-0.25, -0.2) is 0 Å². The summed E-state index contributed by atoms with van der Waals surface area (Å²) in [5.41, 5.74) is 3.10. The maximum absolute atomic E-state index is 12.5. The zero-order valence-electron chi connectivity index (χ0n) is 13.8. The molecule has 2 nitrogen and oxygen atoms in total. The number of para-hydroxylation sites is 1. The van der Waals surface area contributed by atoms with Gasteiger partial charge in [-0.1, -0.05) is 0 Å². The van der Waals surface area contributed by atoms with Gasteiger partial charge in [-0.2, -0.15) is 0 Å². The van der Waals surface area contributed by atoms with Crippen LogP contribution in [-0.2, 0) is 0 Å². The quantitative estimate of drug-likeness (QED) is 0.490. The molecule has 0 saturated carbocycles. The summed E-state index contributed by atoms with van der Waals surface area (Å²) in [6.07, 6.45) is 0. The van der Waals surface area contributed by atoms with Crippen LogP contribution in [0, 0.1) is 0 Å². The molecule has 0 aliphatic heterocycles. The van der Waals surface area contributed by atoms with Gasteiger partial charge in [0, 0.05) is 0 Å². The van der Waals surface area contributed by atoms with E-state index in [1.807, 2.05) is 47.0 Å². The van der Waals surface area contributed by atoms with E-state index in [0.717, 1.165) is 16.8 Å². The Labute approximate surface area is 153 Å². The molecule has 25 heavy (non-hydrogen) atoms. The van der Waals surface area contributed by atoms with Gasteiger partial charge in [-0.3, -0.25) is 0 Å². The van der Waals surface area contributed by atoms with Crippen molar-refractivity contribution in [1.82, 2.24) is 4.57 Å². The average molecular weight is 390 g/mol. The molecule has 4 aromatic rings. The Morgan fingerprint density at radius 2 is 1.40 bits per heavy atom. The number of carbonyl (C=O) groups is 1. The van der Waals surface area contributed by atoms with Crippen LogP contribution in [0.2, 0.25) is 0 Å². The predicted octanol–water partition coefficient (Wildman–Crippen LogP) is 3.62. The van der Waals surface area contributed by atoms with Crippen LogP contribution in [0.25, 0.3) is 22.2 Å². The third kappa shape index (κ3) is 2.93. The van der Waals surface area contributed by atoms with Gasteiger partial charge in [0.25, 0.3) is 0 Å². The minimum atomic E-state index is 0.0464. The number of benzene rings is 3. The molecule has 1 aromatic heterocycles. The van der Waals surface area contributed by atoms with Crippen LogP contribution < -0.4 is 8.92 Å². The monoisotopic (exact) mass is 391 g/mol. The van der Waals surface area contributed by atoms with Crippen LogP contribution in [-0.4, -0.2) is 25.4 Å². The summed E-state index contributed by atoms with van der Waals surface area (Å²) in [5, 5.41) is 1.17. The van der Waals surface area contributed by atoms with Gasteiger partial charge < -0.3 is 0 Å². The van der Waals surface area contributed by atoms with Crippen molar-refractivity contribution in [2.75, 3.05) is 0 Å². The first kappa shape index (κ1) is 15.9. The summed E-state index contributed by atoms with van der Waals surface area (Å²) in [6, 6.07) is 28.9. The molecule has 0 unspecified atom stereocenters. The van der Waals surface area contributed by atoms with Crippen LogP contribution in [0.15, 0.2) is 84.9 Å². The van der Waals surface area contributed by atoms with Gasteiger partial charge in [0.15, 0.2) is 0 Å². The van der Waals surface area contributed by atoms with E-state index >= 15 is 0 Å². The van der Waals surface area contributed by atoms with E-state index in [9.17, 15) is 4.79 Å². The van der Waals surface area contributed by atoms with Crippen LogP contribution in [0.5, 0.6) is 0 Å². The second-order valence-electron chi connectivity index (χ2n) is 5.83. The molecule has 0 aliphatic rings. The molecule has 122 valence electrons. The topological polar surface area (TPSA) is 22.0 Å². The Morgan fingerprint density at radius 1 is 0.800 bits per heavy atom. The summed E-state index contributed by atoms with van der Waals surface area (Å²) in [5.74, 6) is 0.0464. The van der Waals surface area contributed by atoms with E-state index in [2.05, 4.69) is 42.5 Å². The molecule has 0 fully saturated rings. The van der Waals surface area contributed by atoms with Gasteiger partial charge in [0.1, 0.15) is 0 Å². The molecular formula is C22H17NOSe. The molecule has 0 amide bonds. The third-order valence-electron chi connectivity index (χ3n) is 4.15. The van der Waals surface area contributed by atoms with E-state index in [4.69, 9.17) is 0 Å². The van der Waals surface area contributed by atoms with Gasteiger partial charge in [-0.05, 0) is 0 Å². The van der Waals surface area contributed by atoms with Crippen molar-refractivity contribution < 1.29 is 4.79 Å². The number of hydrogen-bond donors (Lipinski definition) is 0. The normalized spacial score (nSPS) is 10.9. The molecule has 0 saturated heterocycles. The van der Waals surface area contributed by atoms with Crippen molar-refractivity contribution in [3.05, 3.63) is 84.9 Å².